The van der Waals surface area contributed by atoms with Crippen molar-refractivity contribution in [2.24, 2.45) is 5.92 Å². The van der Waals surface area contributed by atoms with Crippen LogP contribution in [0.25, 0.3) is 0 Å². The van der Waals surface area contributed by atoms with Crippen molar-refractivity contribution in [3.63, 3.8) is 0 Å². The van der Waals surface area contributed by atoms with Gasteiger partial charge in [0, 0.05) is 6.20 Å². The highest BCUT2D eigenvalue weighted by atomic mass is 16.5. The van der Waals surface area contributed by atoms with Crippen molar-refractivity contribution < 1.29 is 19.4 Å². The number of nitrogens with zero attached hydrogens (tertiary/aromatic N) is 1. The maximum absolute atomic E-state index is 11.6. The van der Waals surface area contributed by atoms with E-state index in [1.807, 2.05) is 13.8 Å². The van der Waals surface area contributed by atoms with E-state index in [1.54, 1.807) is 18.3 Å². The molecule has 0 aromatic carbocycles. The minimum Gasteiger partial charge on any atom is -0.482 e. The maximum Gasteiger partial charge on any atom is 0.326 e. The number of pyridine rings is 1. The van der Waals surface area contributed by atoms with Gasteiger partial charge in [0.1, 0.15) is 11.8 Å². The summed E-state index contributed by atoms with van der Waals surface area (Å²) in [5.41, 5.74) is 0. The number of carbonyl (C=O) groups is 2. The van der Waals surface area contributed by atoms with Gasteiger partial charge in [-0.3, -0.25) is 9.78 Å². The molecule has 6 heteroatoms. The Morgan fingerprint density at radius 3 is 2.74 bits per heavy atom. The van der Waals surface area contributed by atoms with Gasteiger partial charge in [-0.05, 0) is 24.5 Å². The van der Waals surface area contributed by atoms with Crippen LogP contribution in [0.15, 0.2) is 24.5 Å². The second-order valence-corrected chi connectivity index (χ2v) is 4.57. The molecule has 1 aromatic rings. The van der Waals surface area contributed by atoms with E-state index >= 15 is 0 Å². The maximum atomic E-state index is 11.6. The second kappa shape index (κ2) is 7.35. The molecule has 0 aliphatic rings. The predicted octanol–water partition coefficient (Wildman–Crippen LogP) is 1.08. The summed E-state index contributed by atoms with van der Waals surface area (Å²) in [6.07, 6.45) is 3.46. The van der Waals surface area contributed by atoms with Crippen molar-refractivity contribution in [3.8, 4) is 5.75 Å². The van der Waals surface area contributed by atoms with E-state index < -0.39 is 17.9 Å². The summed E-state index contributed by atoms with van der Waals surface area (Å²) >= 11 is 0. The third-order valence-corrected chi connectivity index (χ3v) is 2.34. The Kier molecular flexibility index (Phi) is 5.78. The number of carboxylic acid groups (broad SMARTS) is 1. The molecule has 0 bridgehead atoms. The molecule has 2 N–H and O–H groups in total. The number of aliphatic carboxylic acids is 1. The highest BCUT2D eigenvalue weighted by Gasteiger charge is 2.21. The molecule has 19 heavy (non-hydrogen) atoms. The van der Waals surface area contributed by atoms with Gasteiger partial charge in [0.05, 0.1) is 6.20 Å². The van der Waals surface area contributed by atoms with Gasteiger partial charge in [0.15, 0.2) is 6.61 Å². The molecule has 0 saturated carbocycles. The van der Waals surface area contributed by atoms with Gasteiger partial charge in [-0.25, -0.2) is 4.79 Å². The van der Waals surface area contributed by atoms with E-state index in [2.05, 4.69) is 10.3 Å². The van der Waals surface area contributed by atoms with Gasteiger partial charge < -0.3 is 15.2 Å². The number of ether oxygens (including phenoxy) is 1. The first-order valence-electron chi connectivity index (χ1n) is 6.04. The number of amides is 1. The van der Waals surface area contributed by atoms with Crippen molar-refractivity contribution in [3.05, 3.63) is 24.5 Å². The first kappa shape index (κ1) is 14.9. The summed E-state index contributed by atoms with van der Waals surface area (Å²) in [6.45, 7) is 3.57. The molecule has 0 aliphatic heterocycles. The highest BCUT2D eigenvalue weighted by Crippen LogP contribution is 2.07. The Balaban J connectivity index is 2.42. The summed E-state index contributed by atoms with van der Waals surface area (Å²) in [6, 6.07) is 2.47. The van der Waals surface area contributed by atoms with Gasteiger partial charge in [-0.2, -0.15) is 0 Å². The fourth-order valence-electron chi connectivity index (χ4n) is 1.51. The van der Waals surface area contributed by atoms with E-state index in [0.717, 1.165) is 0 Å². The van der Waals surface area contributed by atoms with E-state index in [1.165, 1.54) is 6.20 Å². The third kappa shape index (κ3) is 5.85. The molecule has 1 atom stereocenters. The number of carboxylic acids is 1. The van der Waals surface area contributed by atoms with E-state index in [0.29, 0.717) is 12.2 Å². The van der Waals surface area contributed by atoms with Crippen LogP contribution < -0.4 is 10.1 Å². The SMILES string of the molecule is CC(C)C[C@@H](NC(=O)COc1cccnc1)C(=O)O. The van der Waals surface area contributed by atoms with Crippen LogP contribution >= 0.6 is 0 Å². The van der Waals surface area contributed by atoms with Gasteiger partial charge >= 0.3 is 5.97 Å². The summed E-state index contributed by atoms with van der Waals surface area (Å²) in [4.78, 5) is 26.4. The lowest BCUT2D eigenvalue weighted by atomic mass is 10.0. The van der Waals surface area contributed by atoms with Gasteiger partial charge in [-0.1, -0.05) is 13.8 Å². The monoisotopic (exact) mass is 266 g/mol. The zero-order valence-electron chi connectivity index (χ0n) is 11.0. The fraction of sp³-hybridized carbons (Fsp3) is 0.462. The van der Waals surface area contributed by atoms with Crippen LogP contribution in [0.2, 0.25) is 0 Å². The van der Waals surface area contributed by atoms with Gasteiger partial charge in [0.2, 0.25) is 0 Å². The lowest BCUT2D eigenvalue weighted by molar-refractivity contribution is -0.142. The molecule has 0 aliphatic carbocycles. The smallest absolute Gasteiger partial charge is 0.326 e. The topological polar surface area (TPSA) is 88.5 Å². The van der Waals surface area contributed by atoms with Crippen LogP contribution in [-0.2, 0) is 9.59 Å². The molecule has 6 nitrogen and oxygen atoms in total. The largest absolute Gasteiger partial charge is 0.482 e. The standard InChI is InChI=1S/C13H18N2O4/c1-9(2)6-11(13(17)18)15-12(16)8-19-10-4-3-5-14-7-10/h3-5,7,9,11H,6,8H2,1-2H3,(H,15,16)(H,17,18)/t11-/m1/s1. The number of carbonyl (C=O) groups excluding carboxylic acids is 1. The molecule has 1 amide bonds. The van der Waals surface area contributed by atoms with Crippen molar-refractivity contribution in [2.75, 3.05) is 6.61 Å². The number of hydrogen-bond acceptors (Lipinski definition) is 4. The predicted molar refractivity (Wildman–Crippen MR) is 68.8 cm³/mol. The molecule has 1 rings (SSSR count). The molecule has 0 spiro atoms. The summed E-state index contributed by atoms with van der Waals surface area (Å²) in [7, 11) is 0. The Morgan fingerprint density at radius 1 is 1.47 bits per heavy atom. The first-order chi connectivity index (χ1) is 8.99. The molecule has 0 unspecified atom stereocenters. The number of nitrogens with one attached hydrogen (secondary N) is 1. The summed E-state index contributed by atoms with van der Waals surface area (Å²) < 4.78 is 5.19. The molecule has 1 aromatic heterocycles. The molecule has 0 radical (unpaired) electrons. The Morgan fingerprint density at radius 2 is 2.21 bits per heavy atom. The molecular weight excluding hydrogens is 248 g/mol. The molecule has 0 saturated heterocycles. The van der Waals surface area contributed by atoms with Gasteiger partial charge in [-0.15, -0.1) is 0 Å². The minimum absolute atomic E-state index is 0.181. The molecule has 1 heterocycles. The van der Waals surface area contributed by atoms with Crippen molar-refractivity contribution in [1.82, 2.24) is 10.3 Å². The Hall–Kier alpha value is -2.11. The van der Waals surface area contributed by atoms with Crippen LogP contribution in [0.1, 0.15) is 20.3 Å². The average Bonchev–Trinajstić information content (AvgIpc) is 2.36. The average molecular weight is 266 g/mol. The van der Waals surface area contributed by atoms with Gasteiger partial charge in [0.25, 0.3) is 5.91 Å². The lowest BCUT2D eigenvalue weighted by Gasteiger charge is -2.16. The Bertz CT molecular complexity index is 420. The first-order valence-corrected chi connectivity index (χ1v) is 6.04. The van der Waals surface area contributed by atoms with Crippen LogP contribution in [0.4, 0.5) is 0 Å². The fourth-order valence-corrected chi connectivity index (χ4v) is 1.51. The van der Waals surface area contributed by atoms with Crippen LogP contribution in [-0.4, -0.2) is 34.6 Å². The minimum atomic E-state index is -1.04. The number of aromatic nitrogens is 1. The van der Waals surface area contributed by atoms with Crippen LogP contribution in [0.3, 0.4) is 0 Å². The Labute approximate surface area is 111 Å². The van der Waals surface area contributed by atoms with E-state index in [4.69, 9.17) is 9.84 Å². The third-order valence-electron chi connectivity index (χ3n) is 2.34. The van der Waals surface area contributed by atoms with Crippen LogP contribution in [0.5, 0.6) is 5.75 Å². The zero-order valence-corrected chi connectivity index (χ0v) is 11.0. The molecule has 0 fully saturated rings. The van der Waals surface area contributed by atoms with Crippen molar-refractivity contribution >= 4 is 11.9 Å². The number of hydrogen-bond donors (Lipinski definition) is 2. The van der Waals surface area contributed by atoms with E-state index in [9.17, 15) is 9.59 Å². The van der Waals surface area contributed by atoms with Crippen molar-refractivity contribution in [1.29, 1.82) is 0 Å². The quantitative estimate of drug-likeness (QED) is 0.770. The second-order valence-electron chi connectivity index (χ2n) is 4.57. The normalized spacial score (nSPS) is 11.9. The summed E-state index contributed by atoms with van der Waals surface area (Å²) in [5.74, 6) is -0.852. The zero-order chi connectivity index (χ0) is 14.3. The van der Waals surface area contributed by atoms with E-state index in [-0.39, 0.29) is 12.5 Å². The molecule has 104 valence electrons. The molecular formula is C13H18N2O4. The summed E-state index contributed by atoms with van der Waals surface area (Å²) in [5, 5.41) is 11.4. The van der Waals surface area contributed by atoms with Crippen molar-refractivity contribution in [2.45, 2.75) is 26.3 Å². The number of rotatable bonds is 7. The highest BCUT2D eigenvalue weighted by molar-refractivity contribution is 5.84. The van der Waals surface area contributed by atoms with Crippen LogP contribution in [0, 0.1) is 5.92 Å². The lowest BCUT2D eigenvalue weighted by Crippen LogP contribution is -2.43.